The molecule has 0 aliphatic carbocycles. The largest absolute Gasteiger partial charge is 0.480 e. The van der Waals surface area contributed by atoms with Crippen LogP contribution in [-0.4, -0.2) is 36.7 Å². The Morgan fingerprint density at radius 1 is 1.37 bits per heavy atom. The smallest absolute Gasteiger partial charge is 0.323 e. The lowest BCUT2D eigenvalue weighted by Crippen LogP contribution is -2.32. The number of ether oxygens (including phenoxy) is 1. The number of carbonyl (C=O) groups excluding carboxylic acids is 1. The lowest BCUT2D eigenvalue weighted by molar-refractivity contribution is -0.143. The van der Waals surface area contributed by atoms with E-state index in [0.29, 0.717) is 13.2 Å². The fourth-order valence-corrected chi connectivity index (χ4v) is 2.15. The summed E-state index contributed by atoms with van der Waals surface area (Å²) < 4.78 is 5.63. The number of rotatable bonds is 7. The molecular formula is C13H16BrNO4. The minimum absolute atomic E-state index is 0.155. The first-order chi connectivity index (χ1) is 9.04. The number of hydrogen-bond acceptors (Lipinski definition) is 4. The highest BCUT2D eigenvalue weighted by atomic mass is 79.9. The van der Waals surface area contributed by atoms with Crippen LogP contribution in [0.15, 0.2) is 28.7 Å². The van der Waals surface area contributed by atoms with Crippen molar-refractivity contribution in [1.82, 2.24) is 0 Å². The van der Waals surface area contributed by atoms with Crippen molar-refractivity contribution in [2.75, 3.05) is 24.6 Å². The number of esters is 1. The highest BCUT2D eigenvalue weighted by Crippen LogP contribution is 2.25. The van der Waals surface area contributed by atoms with Crippen molar-refractivity contribution >= 4 is 33.6 Å². The third kappa shape index (κ3) is 5.30. The highest BCUT2D eigenvalue weighted by molar-refractivity contribution is 9.10. The molecular weight excluding hydrogens is 314 g/mol. The van der Waals surface area contributed by atoms with Crippen molar-refractivity contribution in [3.8, 4) is 0 Å². The van der Waals surface area contributed by atoms with Gasteiger partial charge in [0.15, 0.2) is 0 Å². The van der Waals surface area contributed by atoms with Gasteiger partial charge in [-0.25, -0.2) is 0 Å². The Balaban J connectivity index is 2.75. The number of benzene rings is 1. The zero-order valence-corrected chi connectivity index (χ0v) is 12.2. The second-order valence-electron chi connectivity index (χ2n) is 3.82. The maximum Gasteiger partial charge on any atom is 0.323 e. The SMILES string of the molecule is CCOC(=O)CCN(CC(=O)O)c1ccccc1Br. The highest BCUT2D eigenvalue weighted by Gasteiger charge is 2.15. The predicted octanol–water partition coefficient (Wildman–Crippen LogP) is 2.29. The summed E-state index contributed by atoms with van der Waals surface area (Å²) in [5.41, 5.74) is 0.745. The van der Waals surface area contributed by atoms with Crippen molar-refractivity contribution in [1.29, 1.82) is 0 Å². The predicted molar refractivity (Wildman–Crippen MR) is 75.2 cm³/mol. The summed E-state index contributed by atoms with van der Waals surface area (Å²) >= 11 is 3.37. The molecule has 0 aliphatic heterocycles. The van der Waals surface area contributed by atoms with Gasteiger partial charge < -0.3 is 14.7 Å². The Morgan fingerprint density at radius 2 is 2.05 bits per heavy atom. The van der Waals surface area contributed by atoms with E-state index in [4.69, 9.17) is 9.84 Å². The van der Waals surface area contributed by atoms with Crippen LogP contribution in [0.25, 0.3) is 0 Å². The molecule has 1 rings (SSSR count). The lowest BCUT2D eigenvalue weighted by atomic mass is 10.2. The van der Waals surface area contributed by atoms with Crippen molar-refractivity contribution in [2.24, 2.45) is 0 Å². The Hall–Kier alpha value is -1.56. The third-order valence-corrected chi connectivity index (χ3v) is 3.08. The number of halogens is 1. The van der Waals surface area contributed by atoms with Gasteiger partial charge in [0.05, 0.1) is 18.7 Å². The van der Waals surface area contributed by atoms with Crippen molar-refractivity contribution < 1.29 is 19.4 Å². The fraction of sp³-hybridized carbons (Fsp3) is 0.385. The number of carbonyl (C=O) groups is 2. The molecule has 0 fully saturated rings. The molecule has 0 atom stereocenters. The fourth-order valence-electron chi connectivity index (χ4n) is 1.62. The molecule has 0 unspecified atom stereocenters. The summed E-state index contributed by atoms with van der Waals surface area (Å²) in [6.07, 6.45) is 0.155. The molecule has 19 heavy (non-hydrogen) atoms. The molecule has 0 heterocycles. The number of carboxylic acid groups (broad SMARTS) is 1. The van der Waals surface area contributed by atoms with Crippen LogP contribution in [0.5, 0.6) is 0 Å². The lowest BCUT2D eigenvalue weighted by Gasteiger charge is -2.23. The number of para-hydroxylation sites is 1. The Morgan fingerprint density at radius 3 is 2.63 bits per heavy atom. The number of carboxylic acids is 1. The third-order valence-electron chi connectivity index (χ3n) is 2.41. The van der Waals surface area contributed by atoms with E-state index in [2.05, 4.69) is 15.9 Å². The van der Waals surface area contributed by atoms with Gasteiger partial charge in [-0.3, -0.25) is 9.59 Å². The number of nitrogens with zero attached hydrogens (tertiary/aromatic N) is 1. The van der Waals surface area contributed by atoms with Gasteiger partial charge >= 0.3 is 11.9 Å². The van der Waals surface area contributed by atoms with Gasteiger partial charge in [-0.2, -0.15) is 0 Å². The standard InChI is InChI=1S/C13H16BrNO4/c1-2-19-13(18)7-8-15(9-12(16)17)11-6-4-3-5-10(11)14/h3-6H,2,7-9H2,1H3,(H,16,17). The van der Waals surface area contributed by atoms with Gasteiger partial charge in [0.1, 0.15) is 6.54 Å². The molecule has 104 valence electrons. The van der Waals surface area contributed by atoms with Crippen molar-refractivity contribution in [2.45, 2.75) is 13.3 Å². The topological polar surface area (TPSA) is 66.8 Å². The Bertz CT molecular complexity index is 450. The Labute approximate surface area is 120 Å². The number of anilines is 1. The van der Waals surface area contributed by atoms with E-state index in [1.54, 1.807) is 17.9 Å². The summed E-state index contributed by atoms with van der Waals surface area (Å²) in [5, 5.41) is 8.93. The summed E-state index contributed by atoms with van der Waals surface area (Å²) in [6, 6.07) is 7.30. The first-order valence-corrected chi connectivity index (χ1v) is 6.70. The molecule has 1 aromatic rings. The zero-order chi connectivity index (χ0) is 14.3. The van der Waals surface area contributed by atoms with E-state index in [-0.39, 0.29) is 18.9 Å². The second kappa shape index (κ2) is 7.78. The van der Waals surface area contributed by atoms with E-state index in [1.165, 1.54) is 0 Å². The molecule has 0 bridgehead atoms. The second-order valence-corrected chi connectivity index (χ2v) is 4.68. The molecule has 0 aliphatic rings. The van der Waals surface area contributed by atoms with E-state index in [1.807, 2.05) is 18.2 Å². The van der Waals surface area contributed by atoms with Crippen LogP contribution in [-0.2, 0) is 14.3 Å². The summed E-state index contributed by atoms with van der Waals surface area (Å²) in [6.45, 7) is 2.20. The van der Waals surface area contributed by atoms with Gasteiger partial charge in [0, 0.05) is 11.0 Å². The molecule has 5 nitrogen and oxygen atoms in total. The van der Waals surface area contributed by atoms with Crippen molar-refractivity contribution in [3.05, 3.63) is 28.7 Å². The monoisotopic (exact) mass is 329 g/mol. The molecule has 0 aromatic heterocycles. The molecule has 1 N–H and O–H groups in total. The van der Waals surface area contributed by atoms with Gasteiger partial charge in [-0.05, 0) is 35.0 Å². The normalized spacial score (nSPS) is 10.0. The van der Waals surface area contributed by atoms with Gasteiger partial charge in [0.2, 0.25) is 0 Å². The molecule has 6 heteroatoms. The molecule has 0 spiro atoms. The van der Waals surface area contributed by atoms with Crippen LogP contribution < -0.4 is 4.90 Å². The number of hydrogen-bond donors (Lipinski definition) is 1. The van der Waals surface area contributed by atoms with Gasteiger partial charge in [-0.1, -0.05) is 12.1 Å². The summed E-state index contributed by atoms with van der Waals surface area (Å²) in [5.74, 6) is -1.27. The molecule has 0 saturated carbocycles. The van der Waals surface area contributed by atoms with E-state index < -0.39 is 5.97 Å². The van der Waals surface area contributed by atoms with Crippen LogP contribution in [0.4, 0.5) is 5.69 Å². The maximum absolute atomic E-state index is 11.3. The summed E-state index contributed by atoms with van der Waals surface area (Å²) in [7, 11) is 0. The molecule has 0 radical (unpaired) electrons. The van der Waals surface area contributed by atoms with Crippen LogP contribution in [0, 0.1) is 0 Å². The average Bonchev–Trinajstić information content (AvgIpc) is 2.35. The van der Waals surface area contributed by atoms with Crippen LogP contribution >= 0.6 is 15.9 Å². The zero-order valence-electron chi connectivity index (χ0n) is 10.6. The first kappa shape index (κ1) is 15.5. The van der Waals surface area contributed by atoms with Crippen LogP contribution in [0.3, 0.4) is 0 Å². The van der Waals surface area contributed by atoms with Crippen molar-refractivity contribution in [3.63, 3.8) is 0 Å². The van der Waals surface area contributed by atoms with Gasteiger partial charge in [0.25, 0.3) is 0 Å². The minimum Gasteiger partial charge on any atom is -0.480 e. The van der Waals surface area contributed by atoms with Gasteiger partial charge in [-0.15, -0.1) is 0 Å². The maximum atomic E-state index is 11.3. The quantitative estimate of drug-likeness (QED) is 0.777. The first-order valence-electron chi connectivity index (χ1n) is 5.91. The molecule has 1 aromatic carbocycles. The Kier molecular flexibility index (Phi) is 6.35. The van der Waals surface area contributed by atoms with E-state index in [0.717, 1.165) is 10.2 Å². The molecule has 0 saturated heterocycles. The minimum atomic E-state index is -0.945. The van der Waals surface area contributed by atoms with E-state index in [9.17, 15) is 9.59 Å². The number of aliphatic carboxylic acids is 1. The average molecular weight is 330 g/mol. The van der Waals surface area contributed by atoms with Crippen LogP contribution in [0.1, 0.15) is 13.3 Å². The molecule has 0 amide bonds. The van der Waals surface area contributed by atoms with E-state index >= 15 is 0 Å². The van der Waals surface area contributed by atoms with Crippen LogP contribution in [0.2, 0.25) is 0 Å². The summed E-state index contributed by atoms with van der Waals surface area (Å²) in [4.78, 5) is 23.9.